The highest BCUT2D eigenvalue weighted by atomic mass is 32.2. The number of nitrogens with two attached hydrogens (primary N) is 1. The average Bonchev–Trinajstić information content (AvgIpc) is 2.52. The van der Waals surface area contributed by atoms with E-state index in [1.807, 2.05) is 36.2 Å². The zero-order valence-electron chi connectivity index (χ0n) is 12.7. The second-order valence-corrected chi connectivity index (χ2v) is 5.95. The lowest BCUT2D eigenvalue weighted by Crippen LogP contribution is -2.38. The number of hydrogen-bond donors (Lipinski definition) is 1. The zero-order valence-corrected chi connectivity index (χ0v) is 13.5. The van der Waals surface area contributed by atoms with Gasteiger partial charge >= 0.3 is 0 Å². The molecule has 0 bridgehead atoms. The van der Waals surface area contributed by atoms with E-state index < -0.39 is 0 Å². The summed E-state index contributed by atoms with van der Waals surface area (Å²) in [5.74, 6) is 1.39. The van der Waals surface area contributed by atoms with Crippen LogP contribution in [0.1, 0.15) is 23.7 Å². The van der Waals surface area contributed by atoms with Crippen molar-refractivity contribution >= 4 is 34.3 Å². The minimum Gasteiger partial charge on any atom is -0.383 e. The number of rotatable bonds is 5. The molecule has 0 saturated carbocycles. The Balaban J connectivity index is 2.42. The quantitative estimate of drug-likeness (QED) is 0.922. The molecular formula is C16H21N3OS. The molecule has 1 amide bonds. The summed E-state index contributed by atoms with van der Waals surface area (Å²) in [5, 5.41) is 1.69. The molecule has 2 N–H and O–H groups in total. The van der Waals surface area contributed by atoms with Crippen molar-refractivity contribution in [2.45, 2.75) is 19.4 Å². The topological polar surface area (TPSA) is 59.2 Å². The van der Waals surface area contributed by atoms with Gasteiger partial charge in [-0.15, -0.1) is 0 Å². The van der Waals surface area contributed by atoms with E-state index in [1.54, 1.807) is 18.0 Å². The summed E-state index contributed by atoms with van der Waals surface area (Å²) < 4.78 is 0. The summed E-state index contributed by atoms with van der Waals surface area (Å²) in [4.78, 5) is 18.8. The number of carbonyl (C=O) groups excluding carboxylic acids is 1. The van der Waals surface area contributed by atoms with Crippen LogP contribution < -0.4 is 5.73 Å². The van der Waals surface area contributed by atoms with Crippen molar-refractivity contribution in [3.63, 3.8) is 0 Å². The predicted molar refractivity (Wildman–Crippen MR) is 90.7 cm³/mol. The summed E-state index contributed by atoms with van der Waals surface area (Å²) in [6.07, 6.45) is 4.58. The van der Waals surface area contributed by atoms with Gasteiger partial charge in [0.1, 0.15) is 5.82 Å². The van der Waals surface area contributed by atoms with Crippen LogP contribution in [0.4, 0.5) is 5.82 Å². The van der Waals surface area contributed by atoms with E-state index in [-0.39, 0.29) is 11.9 Å². The smallest absolute Gasteiger partial charge is 0.256 e. The largest absolute Gasteiger partial charge is 0.383 e. The van der Waals surface area contributed by atoms with Gasteiger partial charge in [-0.25, -0.2) is 4.98 Å². The van der Waals surface area contributed by atoms with E-state index in [0.717, 1.165) is 22.9 Å². The standard InChI is InChI=1S/C16H21N3OS/c1-4-11(10-21-3)19(2)16(20)14-9-18-15(17)13-8-6-5-7-12(13)14/h5-9,11H,4,10H2,1-3H3,(H2,17,18). The van der Waals surface area contributed by atoms with Gasteiger partial charge in [-0.2, -0.15) is 11.8 Å². The molecule has 1 atom stereocenters. The van der Waals surface area contributed by atoms with Crippen molar-refractivity contribution in [2.75, 3.05) is 24.8 Å². The van der Waals surface area contributed by atoms with Gasteiger partial charge in [0.2, 0.25) is 0 Å². The Hall–Kier alpha value is -1.75. The van der Waals surface area contributed by atoms with Gasteiger partial charge in [-0.05, 0) is 18.1 Å². The lowest BCUT2D eigenvalue weighted by Gasteiger charge is -2.27. The van der Waals surface area contributed by atoms with Crippen LogP contribution in [-0.4, -0.2) is 40.9 Å². The molecule has 0 radical (unpaired) electrons. The van der Waals surface area contributed by atoms with Crippen LogP contribution in [0.2, 0.25) is 0 Å². The van der Waals surface area contributed by atoms with Crippen molar-refractivity contribution in [3.8, 4) is 0 Å². The molecule has 0 spiro atoms. The zero-order chi connectivity index (χ0) is 15.4. The van der Waals surface area contributed by atoms with Crippen LogP contribution in [0.25, 0.3) is 10.8 Å². The summed E-state index contributed by atoms with van der Waals surface area (Å²) >= 11 is 1.75. The van der Waals surface area contributed by atoms with Gasteiger partial charge in [-0.1, -0.05) is 31.2 Å². The van der Waals surface area contributed by atoms with Gasteiger partial charge in [0.25, 0.3) is 5.91 Å². The van der Waals surface area contributed by atoms with Crippen molar-refractivity contribution in [1.29, 1.82) is 0 Å². The monoisotopic (exact) mass is 303 g/mol. The van der Waals surface area contributed by atoms with Gasteiger partial charge in [0, 0.05) is 30.4 Å². The molecular weight excluding hydrogens is 282 g/mol. The Bertz CT molecular complexity index is 644. The molecule has 1 heterocycles. The molecule has 0 aliphatic carbocycles. The molecule has 4 nitrogen and oxygen atoms in total. The lowest BCUT2D eigenvalue weighted by molar-refractivity contribution is 0.0745. The number of nitrogen functional groups attached to an aromatic ring is 1. The Labute approximate surface area is 129 Å². The van der Waals surface area contributed by atoms with E-state index in [1.165, 1.54) is 0 Å². The number of hydrogen-bond acceptors (Lipinski definition) is 4. The van der Waals surface area contributed by atoms with Crippen molar-refractivity contribution in [2.24, 2.45) is 0 Å². The summed E-state index contributed by atoms with van der Waals surface area (Å²) in [5.41, 5.74) is 6.51. The Kier molecular flexibility index (Phi) is 5.07. The lowest BCUT2D eigenvalue weighted by atomic mass is 10.1. The molecule has 1 aromatic heterocycles. The number of anilines is 1. The molecule has 5 heteroatoms. The summed E-state index contributed by atoms with van der Waals surface area (Å²) in [6, 6.07) is 7.86. The second kappa shape index (κ2) is 6.80. The van der Waals surface area contributed by atoms with Crippen LogP contribution in [0.5, 0.6) is 0 Å². The first-order chi connectivity index (χ1) is 10.1. The number of thioether (sulfide) groups is 1. The molecule has 2 rings (SSSR count). The van der Waals surface area contributed by atoms with Crippen LogP contribution in [0.3, 0.4) is 0 Å². The fraction of sp³-hybridized carbons (Fsp3) is 0.375. The first kappa shape index (κ1) is 15.6. The van der Waals surface area contributed by atoms with Gasteiger partial charge in [-0.3, -0.25) is 4.79 Å². The molecule has 0 fully saturated rings. The van der Waals surface area contributed by atoms with Crippen molar-refractivity contribution in [3.05, 3.63) is 36.0 Å². The van der Waals surface area contributed by atoms with Crippen LogP contribution in [-0.2, 0) is 0 Å². The number of fused-ring (bicyclic) bond motifs is 1. The molecule has 1 aromatic carbocycles. The van der Waals surface area contributed by atoms with E-state index >= 15 is 0 Å². The number of aromatic nitrogens is 1. The van der Waals surface area contributed by atoms with E-state index in [4.69, 9.17) is 5.73 Å². The number of carbonyl (C=O) groups is 1. The third-order valence-corrected chi connectivity index (χ3v) is 4.47. The summed E-state index contributed by atoms with van der Waals surface area (Å²) in [7, 11) is 1.86. The maximum absolute atomic E-state index is 12.8. The maximum Gasteiger partial charge on any atom is 0.256 e. The van der Waals surface area contributed by atoms with E-state index in [2.05, 4.69) is 18.2 Å². The highest BCUT2D eigenvalue weighted by Gasteiger charge is 2.21. The Morgan fingerprint density at radius 2 is 2.05 bits per heavy atom. The maximum atomic E-state index is 12.8. The van der Waals surface area contributed by atoms with Gasteiger partial charge < -0.3 is 10.6 Å². The van der Waals surface area contributed by atoms with Crippen LogP contribution in [0, 0.1) is 0 Å². The Morgan fingerprint density at radius 3 is 2.67 bits per heavy atom. The molecule has 0 aliphatic rings. The number of amides is 1. The average molecular weight is 303 g/mol. The molecule has 21 heavy (non-hydrogen) atoms. The fourth-order valence-corrected chi connectivity index (χ4v) is 3.28. The minimum atomic E-state index is -0.000370. The van der Waals surface area contributed by atoms with E-state index in [9.17, 15) is 4.79 Å². The predicted octanol–water partition coefficient (Wildman–Crippen LogP) is 3.03. The molecule has 1 unspecified atom stereocenters. The van der Waals surface area contributed by atoms with Crippen molar-refractivity contribution < 1.29 is 4.79 Å². The first-order valence-corrected chi connectivity index (χ1v) is 8.38. The molecule has 2 aromatic rings. The molecule has 112 valence electrons. The highest BCUT2D eigenvalue weighted by molar-refractivity contribution is 7.98. The van der Waals surface area contributed by atoms with Crippen LogP contribution in [0.15, 0.2) is 30.5 Å². The van der Waals surface area contributed by atoms with Crippen molar-refractivity contribution in [1.82, 2.24) is 9.88 Å². The normalized spacial score (nSPS) is 12.3. The fourth-order valence-electron chi connectivity index (χ4n) is 2.44. The molecule has 0 saturated heterocycles. The third-order valence-electron chi connectivity index (χ3n) is 3.75. The number of pyridine rings is 1. The number of benzene rings is 1. The third kappa shape index (κ3) is 3.13. The van der Waals surface area contributed by atoms with Crippen LogP contribution >= 0.6 is 11.8 Å². The Morgan fingerprint density at radius 1 is 1.38 bits per heavy atom. The second-order valence-electron chi connectivity index (χ2n) is 5.04. The molecule has 0 aliphatic heterocycles. The minimum absolute atomic E-state index is 0.000370. The summed E-state index contributed by atoms with van der Waals surface area (Å²) in [6.45, 7) is 2.10. The van der Waals surface area contributed by atoms with Gasteiger partial charge in [0.15, 0.2) is 0 Å². The highest BCUT2D eigenvalue weighted by Crippen LogP contribution is 2.24. The van der Waals surface area contributed by atoms with Gasteiger partial charge in [0.05, 0.1) is 5.56 Å². The van der Waals surface area contributed by atoms with E-state index in [0.29, 0.717) is 11.4 Å². The first-order valence-electron chi connectivity index (χ1n) is 6.99. The SMILES string of the molecule is CCC(CSC)N(C)C(=O)c1cnc(N)c2ccccc12. The number of nitrogens with zero attached hydrogens (tertiary/aromatic N) is 2.